The van der Waals surface area contributed by atoms with Crippen LogP contribution in [0.3, 0.4) is 0 Å². The van der Waals surface area contributed by atoms with Crippen LogP contribution in [0.25, 0.3) is 21.8 Å². The number of H-pyrrole nitrogens is 1. The number of carboxylic acids is 2. The number of para-hydroxylation sites is 2. The van der Waals surface area contributed by atoms with Crippen molar-refractivity contribution in [1.82, 2.24) is 4.98 Å². The van der Waals surface area contributed by atoms with Crippen molar-refractivity contribution in [3.05, 3.63) is 80.4 Å². The second kappa shape index (κ2) is 8.02. The standard InChI is InChI=1S/C13H10IN.C9H8O4/c1-8-4-2-5-9-10-6-3-7-11(14)13(10)15-12(8)9;1-5-6(8(10)11)3-2-4-7(5)9(12)13/h2-7,15H,1H3;2-4H,1H3,(H,10,11)(H,12,13). The molecule has 1 aromatic heterocycles. The Kier molecular flexibility index (Phi) is 5.69. The Labute approximate surface area is 175 Å². The monoisotopic (exact) mass is 487 g/mol. The van der Waals surface area contributed by atoms with E-state index in [0.717, 1.165) is 0 Å². The Bertz CT molecular complexity index is 1120. The zero-order chi connectivity index (χ0) is 20.4. The Balaban J connectivity index is 0.000000163. The summed E-state index contributed by atoms with van der Waals surface area (Å²) in [5, 5.41) is 20.0. The molecule has 0 bridgehead atoms. The molecule has 6 heteroatoms. The molecule has 1 heterocycles. The predicted octanol–water partition coefficient (Wildman–Crippen LogP) is 5.63. The van der Waals surface area contributed by atoms with Crippen molar-refractivity contribution >= 4 is 56.3 Å². The fraction of sp³-hybridized carbons (Fsp3) is 0.0909. The molecule has 142 valence electrons. The van der Waals surface area contributed by atoms with Crippen LogP contribution in [0.1, 0.15) is 31.8 Å². The summed E-state index contributed by atoms with van der Waals surface area (Å²) in [6.07, 6.45) is 0. The number of carbonyl (C=O) groups is 2. The van der Waals surface area contributed by atoms with E-state index in [9.17, 15) is 9.59 Å². The summed E-state index contributed by atoms with van der Waals surface area (Å²) in [6, 6.07) is 17.0. The number of carboxylic acid groups (broad SMARTS) is 2. The summed E-state index contributed by atoms with van der Waals surface area (Å²) < 4.78 is 1.28. The molecule has 3 aromatic carbocycles. The molecular formula is C22H18INO4. The summed E-state index contributed by atoms with van der Waals surface area (Å²) in [5.41, 5.74) is 4.15. The molecule has 0 radical (unpaired) electrons. The number of hydrogen-bond donors (Lipinski definition) is 3. The van der Waals surface area contributed by atoms with Gasteiger partial charge in [0.25, 0.3) is 0 Å². The molecule has 0 aliphatic heterocycles. The first-order valence-electron chi connectivity index (χ1n) is 8.53. The minimum atomic E-state index is -1.11. The van der Waals surface area contributed by atoms with E-state index in [1.165, 1.54) is 56.1 Å². The smallest absolute Gasteiger partial charge is 0.335 e. The van der Waals surface area contributed by atoms with Crippen molar-refractivity contribution in [2.24, 2.45) is 0 Å². The zero-order valence-corrected chi connectivity index (χ0v) is 17.4. The molecule has 0 saturated heterocycles. The Morgan fingerprint density at radius 3 is 1.86 bits per heavy atom. The van der Waals surface area contributed by atoms with Crippen LogP contribution in [0.2, 0.25) is 0 Å². The van der Waals surface area contributed by atoms with Gasteiger partial charge in [-0.2, -0.15) is 0 Å². The van der Waals surface area contributed by atoms with E-state index in [1.54, 1.807) is 0 Å². The number of hydrogen-bond acceptors (Lipinski definition) is 2. The largest absolute Gasteiger partial charge is 0.478 e. The number of aryl methyl sites for hydroxylation is 1. The molecule has 0 aliphatic rings. The van der Waals surface area contributed by atoms with Gasteiger partial charge in [0.15, 0.2) is 0 Å². The minimum Gasteiger partial charge on any atom is -0.478 e. The van der Waals surface area contributed by atoms with Crippen LogP contribution < -0.4 is 0 Å². The van der Waals surface area contributed by atoms with Gasteiger partial charge in [-0.05, 0) is 65.8 Å². The molecule has 0 amide bonds. The summed E-state index contributed by atoms with van der Waals surface area (Å²) in [5.74, 6) is -2.22. The number of aromatic nitrogens is 1. The average molecular weight is 487 g/mol. The maximum Gasteiger partial charge on any atom is 0.335 e. The van der Waals surface area contributed by atoms with Crippen molar-refractivity contribution in [2.75, 3.05) is 0 Å². The average Bonchev–Trinajstić information content (AvgIpc) is 3.04. The van der Waals surface area contributed by atoms with Gasteiger partial charge < -0.3 is 15.2 Å². The number of rotatable bonds is 2. The van der Waals surface area contributed by atoms with Crippen LogP contribution in [-0.4, -0.2) is 27.1 Å². The van der Waals surface area contributed by atoms with Gasteiger partial charge in [0.05, 0.1) is 16.6 Å². The van der Waals surface area contributed by atoms with Crippen LogP contribution >= 0.6 is 22.6 Å². The number of aromatic amines is 1. The summed E-state index contributed by atoms with van der Waals surface area (Å²) in [4.78, 5) is 24.7. The lowest BCUT2D eigenvalue weighted by Crippen LogP contribution is -2.06. The third kappa shape index (κ3) is 3.73. The summed E-state index contributed by atoms with van der Waals surface area (Å²) >= 11 is 2.37. The molecule has 28 heavy (non-hydrogen) atoms. The van der Waals surface area contributed by atoms with Crippen LogP contribution in [-0.2, 0) is 0 Å². The highest BCUT2D eigenvalue weighted by molar-refractivity contribution is 14.1. The van der Waals surface area contributed by atoms with Gasteiger partial charge in [-0.3, -0.25) is 0 Å². The first kappa shape index (κ1) is 19.9. The van der Waals surface area contributed by atoms with Crippen molar-refractivity contribution in [2.45, 2.75) is 13.8 Å². The maximum absolute atomic E-state index is 10.6. The molecule has 5 nitrogen and oxygen atoms in total. The van der Waals surface area contributed by atoms with E-state index in [2.05, 4.69) is 70.9 Å². The van der Waals surface area contributed by atoms with Crippen molar-refractivity contribution in [3.8, 4) is 0 Å². The van der Waals surface area contributed by atoms with E-state index in [-0.39, 0.29) is 16.7 Å². The molecule has 0 fully saturated rings. The van der Waals surface area contributed by atoms with Crippen LogP contribution in [0.15, 0.2) is 54.6 Å². The molecule has 4 rings (SSSR count). The maximum atomic E-state index is 10.6. The van der Waals surface area contributed by atoms with Gasteiger partial charge in [-0.15, -0.1) is 0 Å². The molecule has 0 unspecified atom stereocenters. The predicted molar refractivity (Wildman–Crippen MR) is 118 cm³/mol. The second-order valence-corrected chi connectivity index (χ2v) is 7.54. The number of nitrogens with one attached hydrogen (secondary N) is 1. The molecular weight excluding hydrogens is 469 g/mol. The van der Waals surface area contributed by atoms with Crippen molar-refractivity contribution < 1.29 is 19.8 Å². The SMILES string of the molecule is Cc1c(C(=O)O)cccc1C(=O)O.Cc1cccc2c1[nH]c1c(I)cccc12. The normalized spacial score (nSPS) is 10.5. The zero-order valence-electron chi connectivity index (χ0n) is 15.3. The van der Waals surface area contributed by atoms with E-state index >= 15 is 0 Å². The lowest BCUT2D eigenvalue weighted by Gasteiger charge is -2.03. The molecule has 4 aromatic rings. The van der Waals surface area contributed by atoms with Gasteiger partial charge in [0.2, 0.25) is 0 Å². The quantitative estimate of drug-likeness (QED) is 0.320. The minimum absolute atomic E-state index is 0.0277. The van der Waals surface area contributed by atoms with Crippen molar-refractivity contribution in [3.63, 3.8) is 0 Å². The lowest BCUT2D eigenvalue weighted by molar-refractivity contribution is 0.0696. The van der Waals surface area contributed by atoms with Gasteiger partial charge in [0.1, 0.15) is 0 Å². The second-order valence-electron chi connectivity index (χ2n) is 6.37. The fourth-order valence-corrected chi connectivity index (χ4v) is 3.79. The van der Waals surface area contributed by atoms with Gasteiger partial charge in [0, 0.05) is 19.9 Å². The van der Waals surface area contributed by atoms with Gasteiger partial charge in [-0.25, -0.2) is 9.59 Å². The molecule has 3 N–H and O–H groups in total. The Hall–Kier alpha value is -2.87. The van der Waals surface area contributed by atoms with E-state index in [0.29, 0.717) is 0 Å². The van der Waals surface area contributed by atoms with Crippen LogP contribution in [0.4, 0.5) is 0 Å². The molecule has 0 aliphatic carbocycles. The number of halogens is 1. The fourth-order valence-electron chi connectivity index (χ4n) is 3.16. The third-order valence-electron chi connectivity index (χ3n) is 4.62. The first-order chi connectivity index (χ1) is 13.3. The Morgan fingerprint density at radius 1 is 0.786 bits per heavy atom. The van der Waals surface area contributed by atoms with E-state index in [4.69, 9.17) is 10.2 Å². The highest BCUT2D eigenvalue weighted by Gasteiger charge is 2.13. The number of fused-ring (bicyclic) bond motifs is 3. The van der Waals surface area contributed by atoms with Crippen molar-refractivity contribution in [1.29, 1.82) is 0 Å². The number of benzene rings is 3. The lowest BCUT2D eigenvalue weighted by atomic mass is 10.0. The number of aromatic carboxylic acids is 2. The summed E-state index contributed by atoms with van der Waals surface area (Å²) in [7, 11) is 0. The Morgan fingerprint density at radius 2 is 1.29 bits per heavy atom. The van der Waals surface area contributed by atoms with E-state index in [1.807, 2.05) is 0 Å². The first-order valence-corrected chi connectivity index (χ1v) is 9.61. The third-order valence-corrected chi connectivity index (χ3v) is 5.52. The molecule has 0 saturated carbocycles. The topological polar surface area (TPSA) is 90.4 Å². The van der Waals surface area contributed by atoms with E-state index < -0.39 is 11.9 Å². The molecule has 0 atom stereocenters. The van der Waals surface area contributed by atoms with Crippen LogP contribution in [0, 0.1) is 17.4 Å². The highest BCUT2D eigenvalue weighted by atomic mass is 127. The molecule has 0 spiro atoms. The van der Waals surface area contributed by atoms with Gasteiger partial charge >= 0.3 is 11.9 Å². The van der Waals surface area contributed by atoms with Crippen LogP contribution in [0.5, 0.6) is 0 Å². The van der Waals surface area contributed by atoms with Gasteiger partial charge in [-0.1, -0.05) is 36.4 Å². The summed E-state index contributed by atoms with van der Waals surface area (Å²) in [6.45, 7) is 3.62. The highest BCUT2D eigenvalue weighted by Crippen LogP contribution is 2.29.